The third-order valence-corrected chi connectivity index (χ3v) is 4.43. The average molecular weight is 274 g/mol. The monoisotopic (exact) mass is 273 g/mol. The van der Waals surface area contributed by atoms with E-state index in [1.54, 1.807) is 11.3 Å². The largest absolute Gasteiger partial charge is 0.305 e. The molecule has 1 saturated heterocycles. The highest BCUT2D eigenvalue weighted by molar-refractivity contribution is 9.10. The van der Waals surface area contributed by atoms with Crippen LogP contribution in [0.3, 0.4) is 0 Å². The van der Waals surface area contributed by atoms with Crippen molar-refractivity contribution in [3.05, 3.63) is 20.8 Å². The molecule has 2 heterocycles. The molecule has 1 unspecified atom stereocenters. The van der Waals surface area contributed by atoms with Gasteiger partial charge in [-0.3, -0.25) is 4.79 Å². The summed E-state index contributed by atoms with van der Waals surface area (Å²) in [6, 6.07) is 0. The zero-order valence-corrected chi connectivity index (χ0v) is 10.4. The quantitative estimate of drug-likeness (QED) is 0.840. The van der Waals surface area contributed by atoms with E-state index in [0.717, 1.165) is 29.4 Å². The molecule has 14 heavy (non-hydrogen) atoms. The van der Waals surface area contributed by atoms with Crippen molar-refractivity contribution in [2.45, 2.75) is 25.3 Å². The highest BCUT2D eigenvalue weighted by Gasteiger charge is 2.37. The van der Waals surface area contributed by atoms with Gasteiger partial charge in [-0.15, -0.1) is 0 Å². The summed E-state index contributed by atoms with van der Waals surface area (Å²) in [7, 11) is 0. The van der Waals surface area contributed by atoms with Crippen LogP contribution in [0, 0.1) is 0 Å². The minimum Gasteiger partial charge on any atom is -0.305 e. The van der Waals surface area contributed by atoms with Crippen LogP contribution < -0.4 is 5.32 Å². The number of halogens is 1. The summed E-state index contributed by atoms with van der Waals surface area (Å²) in [5.74, 6) is 0.211. The Kier molecular flexibility index (Phi) is 2.77. The van der Waals surface area contributed by atoms with E-state index in [2.05, 4.69) is 21.2 Å². The van der Waals surface area contributed by atoms with E-state index in [-0.39, 0.29) is 11.3 Å². The van der Waals surface area contributed by atoms with E-state index in [0.29, 0.717) is 0 Å². The number of thiophene rings is 1. The Morgan fingerprint density at radius 3 is 2.93 bits per heavy atom. The van der Waals surface area contributed by atoms with Gasteiger partial charge in [0, 0.05) is 20.8 Å². The van der Waals surface area contributed by atoms with Crippen molar-refractivity contribution in [2.24, 2.45) is 0 Å². The maximum atomic E-state index is 12.2. The van der Waals surface area contributed by atoms with Gasteiger partial charge in [0.15, 0.2) is 5.78 Å². The van der Waals surface area contributed by atoms with Crippen LogP contribution in [0.15, 0.2) is 15.2 Å². The first kappa shape index (κ1) is 10.3. The lowest BCUT2D eigenvalue weighted by Gasteiger charge is -2.22. The van der Waals surface area contributed by atoms with Crippen LogP contribution in [0.1, 0.15) is 30.1 Å². The summed E-state index contributed by atoms with van der Waals surface area (Å²) in [5.41, 5.74) is 0.468. The molecule has 0 bridgehead atoms. The van der Waals surface area contributed by atoms with Crippen LogP contribution in [-0.4, -0.2) is 17.9 Å². The molecule has 0 spiro atoms. The van der Waals surface area contributed by atoms with Crippen LogP contribution in [0.25, 0.3) is 0 Å². The van der Waals surface area contributed by atoms with E-state index in [1.165, 1.54) is 0 Å². The maximum Gasteiger partial charge on any atom is 0.184 e. The minimum absolute atomic E-state index is 0.211. The number of Topliss-reactive ketones (excluding diaryl/α,β-unsaturated/α-hetero) is 1. The summed E-state index contributed by atoms with van der Waals surface area (Å²) in [6.07, 6.45) is 2.03. The molecule has 0 amide bonds. The van der Waals surface area contributed by atoms with Crippen LogP contribution in [0.4, 0.5) is 0 Å². The highest BCUT2D eigenvalue weighted by Crippen LogP contribution is 2.29. The van der Waals surface area contributed by atoms with Crippen molar-refractivity contribution >= 4 is 33.0 Å². The number of rotatable bonds is 2. The molecule has 1 aromatic heterocycles. The molecular formula is C10H12BrNOS. The Morgan fingerprint density at radius 1 is 1.64 bits per heavy atom. The van der Waals surface area contributed by atoms with Crippen molar-refractivity contribution in [1.29, 1.82) is 0 Å². The summed E-state index contributed by atoms with van der Waals surface area (Å²) in [6.45, 7) is 2.94. The molecule has 1 aliphatic heterocycles. The first-order chi connectivity index (χ1) is 6.63. The Balaban J connectivity index is 2.28. The topological polar surface area (TPSA) is 29.1 Å². The highest BCUT2D eigenvalue weighted by atomic mass is 79.9. The third-order valence-electron chi connectivity index (χ3n) is 2.73. The van der Waals surface area contributed by atoms with Gasteiger partial charge in [0.2, 0.25) is 0 Å². The normalized spacial score (nSPS) is 26.7. The fraction of sp³-hybridized carbons (Fsp3) is 0.500. The van der Waals surface area contributed by atoms with Crippen molar-refractivity contribution in [3.8, 4) is 0 Å². The van der Waals surface area contributed by atoms with Crippen LogP contribution >= 0.6 is 27.3 Å². The van der Waals surface area contributed by atoms with Gasteiger partial charge in [-0.2, -0.15) is 11.3 Å². The van der Waals surface area contributed by atoms with Crippen molar-refractivity contribution in [1.82, 2.24) is 5.32 Å². The molecule has 1 fully saturated rings. The first-order valence-electron chi connectivity index (χ1n) is 4.65. The summed E-state index contributed by atoms with van der Waals surface area (Å²) in [5, 5.41) is 7.15. The van der Waals surface area contributed by atoms with E-state index in [9.17, 15) is 4.79 Å². The van der Waals surface area contributed by atoms with Gasteiger partial charge in [0.25, 0.3) is 0 Å². The van der Waals surface area contributed by atoms with Gasteiger partial charge < -0.3 is 5.32 Å². The fourth-order valence-electron chi connectivity index (χ4n) is 1.83. The zero-order valence-electron chi connectivity index (χ0n) is 7.97. The summed E-state index contributed by atoms with van der Waals surface area (Å²) >= 11 is 4.96. The molecule has 76 valence electrons. The lowest BCUT2D eigenvalue weighted by Crippen LogP contribution is -2.44. The predicted octanol–water partition coefficient (Wildman–Crippen LogP) is 2.84. The predicted molar refractivity (Wildman–Crippen MR) is 62.0 cm³/mol. The molecule has 1 aromatic rings. The molecule has 4 heteroatoms. The number of nitrogens with one attached hydrogen (secondary N) is 1. The fourth-order valence-corrected chi connectivity index (χ4v) is 3.28. The Bertz CT molecular complexity index is 355. The molecule has 1 N–H and O–H groups in total. The summed E-state index contributed by atoms with van der Waals surface area (Å²) in [4.78, 5) is 12.2. The molecule has 0 saturated carbocycles. The lowest BCUT2D eigenvalue weighted by atomic mass is 9.91. The maximum absolute atomic E-state index is 12.2. The Labute approximate surface area is 95.8 Å². The van der Waals surface area contributed by atoms with E-state index in [1.807, 2.05) is 17.7 Å². The van der Waals surface area contributed by atoms with Crippen molar-refractivity contribution in [3.63, 3.8) is 0 Å². The standard InChI is InChI=1S/C10H12BrNOS/c1-10(3-2-4-12-10)9(13)7-5-14-6-8(7)11/h5-6,12H,2-4H2,1H3. The molecule has 0 aromatic carbocycles. The lowest BCUT2D eigenvalue weighted by molar-refractivity contribution is 0.0884. The van der Waals surface area contributed by atoms with Crippen molar-refractivity contribution < 1.29 is 4.79 Å². The van der Waals surface area contributed by atoms with Gasteiger partial charge >= 0.3 is 0 Å². The minimum atomic E-state index is -0.344. The number of carbonyl (C=O) groups is 1. The molecule has 0 aliphatic carbocycles. The van der Waals surface area contributed by atoms with Crippen molar-refractivity contribution in [2.75, 3.05) is 6.54 Å². The molecule has 2 nitrogen and oxygen atoms in total. The third kappa shape index (κ3) is 1.66. The van der Waals surface area contributed by atoms with Gasteiger partial charge in [-0.1, -0.05) is 0 Å². The van der Waals surface area contributed by atoms with Crippen LogP contribution in [0.5, 0.6) is 0 Å². The Morgan fingerprint density at radius 2 is 2.43 bits per heavy atom. The Hall–Kier alpha value is -0.190. The SMILES string of the molecule is CC1(C(=O)c2cscc2Br)CCCN1. The van der Waals surface area contributed by atoms with Gasteiger partial charge in [-0.25, -0.2) is 0 Å². The first-order valence-corrected chi connectivity index (χ1v) is 6.38. The van der Waals surface area contributed by atoms with E-state index >= 15 is 0 Å². The number of hydrogen-bond acceptors (Lipinski definition) is 3. The molecule has 0 radical (unpaired) electrons. The van der Waals surface area contributed by atoms with Crippen LogP contribution in [-0.2, 0) is 0 Å². The smallest absolute Gasteiger partial charge is 0.184 e. The number of carbonyl (C=O) groups excluding carboxylic acids is 1. The number of ketones is 1. The molecular weight excluding hydrogens is 262 g/mol. The molecule has 1 aliphatic rings. The van der Waals surface area contributed by atoms with Gasteiger partial charge in [0.05, 0.1) is 5.54 Å². The van der Waals surface area contributed by atoms with E-state index < -0.39 is 0 Å². The number of hydrogen-bond donors (Lipinski definition) is 1. The van der Waals surface area contributed by atoms with E-state index in [4.69, 9.17) is 0 Å². The molecule has 2 rings (SSSR count). The van der Waals surface area contributed by atoms with Crippen LogP contribution in [0.2, 0.25) is 0 Å². The second-order valence-corrected chi connectivity index (χ2v) is 5.42. The summed E-state index contributed by atoms with van der Waals surface area (Å²) < 4.78 is 0.919. The zero-order chi connectivity index (χ0) is 10.2. The average Bonchev–Trinajstić information content (AvgIpc) is 2.74. The molecule has 1 atom stereocenters. The second-order valence-electron chi connectivity index (χ2n) is 3.82. The van der Waals surface area contributed by atoms with Gasteiger partial charge in [0.1, 0.15) is 0 Å². The van der Waals surface area contributed by atoms with Gasteiger partial charge in [-0.05, 0) is 42.2 Å². The second kappa shape index (κ2) is 3.76.